The summed E-state index contributed by atoms with van der Waals surface area (Å²) in [5.74, 6) is 0.157. The normalized spacial score (nSPS) is 18.8. The monoisotopic (exact) mass is 608 g/mol. The van der Waals surface area contributed by atoms with Crippen LogP contribution in [0, 0.1) is 5.82 Å². The van der Waals surface area contributed by atoms with Crippen molar-refractivity contribution in [3.8, 4) is 11.3 Å². The summed E-state index contributed by atoms with van der Waals surface area (Å²) in [5, 5.41) is 8.85. The SMILES string of the molecule is Fc1ccccc1C1=NCc2cnc(Nc3ccc(C4CN(CCCN5CCCC5)CC[N]4)cc3)nc2-c2ccc(Cl)cc21. The van der Waals surface area contributed by atoms with Crippen LogP contribution in [0.2, 0.25) is 5.02 Å². The van der Waals surface area contributed by atoms with Gasteiger partial charge in [0.2, 0.25) is 5.95 Å². The van der Waals surface area contributed by atoms with Crippen LogP contribution in [0.15, 0.2) is 77.9 Å². The quantitative estimate of drug-likeness (QED) is 0.248. The van der Waals surface area contributed by atoms with Crippen molar-refractivity contribution in [1.82, 2.24) is 25.1 Å². The minimum atomic E-state index is -0.328. The molecule has 1 atom stereocenters. The van der Waals surface area contributed by atoms with Crippen molar-refractivity contribution in [3.05, 3.63) is 106 Å². The first-order valence-corrected chi connectivity index (χ1v) is 15.9. The van der Waals surface area contributed by atoms with Gasteiger partial charge < -0.3 is 15.1 Å². The zero-order valence-corrected chi connectivity index (χ0v) is 25.5. The fraction of sp³-hybridized carbons (Fsp3) is 0.343. The van der Waals surface area contributed by atoms with E-state index in [2.05, 4.69) is 44.4 Å². The van der Waals surface area contributed by atoms with Crippen LogP contribution >= 0.6 is 11.6 Å². The van der Waals surface area contributed by atoms with Crippen LogP contribution in [-0.2, 0) is 6.54 Å². The predicted molar refractivity (Wildman–Crippen MR) is 174 cm³/mol. The number of nitrogens with one attached hydrogen (secondary N) is 1. The standard InChI is InChI=1S/C35H36ClFN7/c36-26-10-13-28-30(20-26)34(29-6-1-2-7-31(29)37)39-21-25-22-40-35(42-33(25)28)41-27-11-8-24(9-12-27)32-23-44(19-14-38-32)18-5-17-43-15-3-4-16-43/h1-2,6-13,20,22,32H,3-5,14-19,21,23H2,(H,40,41,42). The number of fused-ring (bicyclic) bond motifs is 3. The van der Waals surface area contributed by atoms with Crippen LogP contribution in [0.4, 0.5) is 16.0 Å². The Kier molecular flexibility index (Phi) is 8.66. The van der Waals surface area contributed by atoms with Crippen LogP contribution in [0.1, 0.15) is 47.6 Å². The molecular weight excluding hydrogens is 573 g/mol. The summed E-state index contributed by atoms with van der Waals surface area (Å²) in [7, 11) is 0. The predicted octanol–water partition coefficient (Wildman–Crippen LogP) is 6.48. The van der Waals surface area contributed by atoms with Gasteiger partial charge in [-0.3, -0.25) is 4.99 Å². The van der Waals surface area contributed by atoms with E-state index >= 15 is 0 Å². The summed E-state index contributed by atoms with van der Waals surface area (Å²) in [5.41, 5.74) is 6.33. The van der Waals surface area contributed by atoms with E-state index in [0.717, 1.165) is 54.3 Å². The van der Waals surface area contributed by atoms with Gasteiger partial charge in [0.05, 0.1) is 24.0 Å². The molecule has 3 aromatic carbocycles. The van der Waals surface area contributed by atoms with E-state index in [1.54, 1.807) is 18.3 Å². The summed E-state index contributed by atoms with van der Waals surface area (Å²) >= 11 is 6.41. The highest BCUT2D eigenvalue weighted by Gasteiger charge is 2.24. The molecule has 225 valence electrons. The Balaban J connectivity index is 1.05. The van der Waals surface area contributed by atoms with Gasteiger partial charge in [-0.25, -0.2) is 19.7 Å². The molecule has 9 heteroatoms. The Morgan fingerprint density at radius 3 is 2.55 bits per heavy atom. The smallest absolute Gasteiger partial charge is 0.227 e. The molecule has 3 aliphatic heterocycles. The number of piperazine rings is 1. The fourth-order valence-electron chi connectivity index (χ4n) is 6.47. The van der Waals surface area contributed by atoms with Crippen LogP contribution < -0.4 is 10.6 Å². The molecule has 0 amide bonds. The summed E-state index contributed by atoms with van der Waals surface area (Å²) in [4.78, 5) is 19.4. The van der Waals surface area contributed by atoms with Crippen molar-refractivity contribution in [2.75, 3.05) is 51.1 Å². The average Bonchev–Trinajstić information content (AvgIpc) is 3.51. The van der Waals surface area contributed by atoms with E-state index < -0.39 is 0 Å². The number of rotatable bonds is 8. The Morgan fingerprint density at radius 2 is 1.70 bits per heavy atom. The fourth-order valence-corrected chi connectivity index (χ4v) is 6.64. The van der Waals surface area contributed by atoms with Gasteiger partial charge in [0.1, 0.15) is 5.82 Å². The summed E-state index contributed by atoms with van der Waals surface area (Å²) in [6.07, 6.45) is 5.73. The molecule has 7 nitrogen and oxygen atoms in total. The molecule has 4 aromatic rings. The first kappa shape index (κ1) is 29.0. The largest absolute Gasteiger partial charge is 0.324 e. The molecule has 2 fully saturated rings. The highest BCUT2D eigenvalue weighted by molar-refractivity contribution is 6.31. The second-order valence-electron chi connectivity index (χ2n) is 11.8. The van der Waals surface area contributed by atoms with Crippen molar-refractivity contribution >= 4 is 28.9 Å². The molecule has 7 rings (SSSR count). The Hall–Kier alpha value is -3.69. The van der Waals surface area contributed by atoms with E-state index in [-0.39, 0.29) is 11.9 Å². The number of anilines is 2. The summed E-state index contributed by atoms with van der Waals surface area (Å²) < 4.78 is 14.8. The third kappa shape index (κ3) is 6.40. The molecule has 1 unspecified atom stereocenters. The second-order valence-corrected chi connectivity index (χ2v) is 12.2. The van der Waals surface area contributed by atoms with Gasteiger partial charge in [-0.05, 0) is 87.4 Å². The minimum absolute atomic E-state index is 0.195. The maximum atomic E-state index is 14.8. The number of aromatic nitrogens is 2. The Morgan fingerprint density at radius 1 is 0.886 bits per heavy atom. The summed E-state index contributed by atoms with van der Waals surface area (Å²) in [6.45, 7) is 8.12. The molecule has 0 bridgehead atoms. The summed E-state index contributed by atoms with van der Waals surface area (Å²) in [6, 6.07) is 20.9. The molecule has 4 heterocycles. The third-order valence-corrected chi connectivity index (χ3v) is 9.02. The molecule has 2 saturated heterocycles. The van der Waals surface area contributed by atoms with Crippen molar-refractivity contribution in [2.45, 2.75) is 31.8 Å². The highest BCUT2D eigenvalue weighted by atomic mass is 35.5. The van der Waals surface area contributed by atoms with E-state index in [1.165, 1.54) is 50.5 Å². The lowest BCUT2D eigenvalue weighted by Crippen LogP contribution is -2.43. The van der Waals surface area contributed by atoms with Gasteiger partial charge in [-0.1, -0.05) is 41.9 Å². The van der Waals surface area contributed by atoms with Crippen molar-refractivity contribution in [2.24, 2.45) is 4.99 Å². The zero-order chi connectivity index (χ0) is 29.9. The van der Waals surface area contributed by atoms with Crippen LogP contribution in [0.25, 0.3) is 11.3 Å². The molecule has 1 N–H and O–H groups in total. The number of benzene rings is 3. The number of hydrogen-bond donors (Lipinski definition) is 1. The zero-order valence-electron chi connectivity index (χ0n) is 24.7. The minimum Gasteiger partial charge on any atom is -0.324 e. The molecular formula is C35H36ClFN7. The number of likely N-dealkylation sites (tertiary alicyclic amines) is 1. The van der Waals surface area contributed by atoms with E-state index in [9.17, 15) is 4.39 Å². The molecule has 3 aliphatic rings. The molecule has 0 saturated carbocycles. The van der Waals surface area contributed by atoms with Gasteiger partial charge in [-0.15, -0.1) is 0 Å². The maximum Gasteiger partial charge on any atom is 0.227 e. The molecule has 0 spiro atoms. The lowest BCUT2D eigenvalue weighted by Gasteiger charge is -2.33. The molecule has 44 heavy (non-hydrogen) atoms. The van der Waals surface area contributed by atoms with Crippen LogP contribution in [-0.4, -0.2) is 71.3 Å². The lowest BCUT2D eigenvalue weighted by atomic mass is 9.95. The van der Waals surface area contributed by atoms with Gasteiger partial charge in [0.15, 0.2) is 0 Å². The van der Waals surface area contributed by atoms with Crippen LogP contribution in [0.5, 0.6) is 0 Å². The van der Waals surface area contributed by atoms with Gasteiger partial charge >= 0.3 is 0 Å². The first-order valence-electron chi connectivity index (χ1n) is 15.5. The Labute approximate surface area is 263 Å². The van der Waals surface area contributed by atoms with Gasteiger partial charge in [-0.2, -0.15) is 0 Å². The first-order chi connectivity index (χ1) is 21.6. The number of aliphatic imine (C=N–C) groups is 1. The topological polar surface area (TPSA) is 70.8 Å². The third-order valence-electron chi connectivity index (χ3n) is 8.79. The van der Waals surface area contributed by atoms with Gasteiger partial charge in [0.25, 0.3) is 0 Å². The molecule has 1 radical (unpaired) electrons. The van der Waals surface area contributed by atoms with Crippen molar-refractivity contribution in [1.29, 1.82) is 0 Å². The highest BCUT2D eigenvalue weighted by Crippen LogP contribution is 2.34. The van der Waals surface area contributed by atoms with E-state index in [4.69, 9.17) is 26.9 Å². The van der Waals surface area contributed by atoms with Gasteiger partial charge in [0, 0.05) is 58.8 Å². The van der Waals surface area contributed by atoms with E-state index in [1.807, 2.05) is 24.3 Å². The number of nitrogens with zero attached hydrogens (tertiary/aromatic N) is 6. The van der Waals surface area contributed by atoms with Crippen molar-refractivity contribution < 1.29 is 4.39 Å². The lowest BCUT2D eigenvalue weighted by molar-refractivity contribution is 0.186. The van der Waals surface area contributed by atoms with E-state index in [0.29, 0.717) is 28.8 Å². The molecule has 0 aliphatic carbocycles. The number of hydrogen-bond acceptors (Lipinski definition) is 6. The number of halogens is 2. The van der Waals surface area contributed by atoms with Crippen LogP contribution in [0.3, 0.4) is 0 Å². The Bertz CT molecular complexity index is 1650. The maximum absolute atomic E-state index is 14.8. The average molecular weight is 609 g/mol. The second kappa shape index (κ2) is 13.1. The van der Waals surface area contributed by atoms with Crippen molar-refractivity contribution in [3.63, 3.8) is 0 Å². The molecule has 1 aromatic heterocycles.